The van der Waals surface area contributed by atoms with Gasteiger partial charge in [-0.3, -0.25) is 0 Å². The minimum atomic E-state index is -4.34. The Bertz CT molecular complexity index is 439. The van der Waals surface area contributed by atoms with Crippen LogP contribution in [-0.4, -0.2) is 26.1 Å². The van der Waals surface area contributed by atoms with Gasteiger partial charge in [0.05, 0.1) is 4.47 Å². The molecule has 1 aromatic carbocycles. The van der Waals surface area contributed by atoms with Gasteiger partial charge in [-0.15, -0.1) is 0 Å². The molecule has 0 saturated carbocycles. The van der Waals surface area contributed by atoms with Gasteiger partial charge in [0.2, 0.25) is 0 Å². The second-order valence-electron chi connectivity index (χ2n) is 5.02. The Kier molecular flexibility index (Phi) is 7.48. The highest BCUT2D eigenvalue weighted by Gasteiger charge is 2.27. The first kappa shape index (κ1) is 18.3. The average Bonchev–Trinajstić information content (AvgIpc) is 2.35. The van der Waals surface area contributed by atoms with Crippen LogP contribution in [0.3, 0.4) is 0 Å². The van der Waals surface area contributed by atoms with Crippen molar-refractivity contribution in [2.24, 2.45) is 5.92 Å². The third kappa shape index (κ3) is 8.28. The first-order chi connectivity index (χ1) is 9.78. The predicted molar refractivity (Wildman–Crippen MR) is 78.2 cm³/mol. The molecule has 0 amide bonds. The molecule has 3 nitrogen and oxygen atoms in total. The first-order valence-corrected chi connectivity index (χ1v) is 7.33. The number of ether oxygens (including phenoxy) is 2. The molecule has 0 saturated heterocycles. The lowest BCUT2D eigenvalue weighted by molar-refractivity contribution is -0.186. The maximum Gasteiger partial charge on any atom is 0.411 e. The summed E-state index contributed by atoms with van der Waals surface area (Å²) in [6, 6.07) is 5.43. The largest absolute Gasteiger partial charge is 0.466 e. The molecule has 0 fully saturated rings. The SMILES string of the molecule is CC(C)CNCc1ccc(OCOCC(F)(F)F)c(Br)c1. The lowest BCUT2D eigenvalue weighted by atomic mass is 10.2. The van der Waals surface area contributed by atoms with E-state index in [1.54, 1.807) is 6.07 Å². The highest BCUT2D eigenvalue weighted by atomic mass is 79.9. The van der Waals surface area contributed by atoms with Gasteiger partial charge in [0, 0.05) is 6.54 Å². The predicted octanol–water partition coefficient (Wildman–Crippen LogP) is 4.11. The molecule has 0 aliphatic heterocycles. The van der Waals surface area contributed by atoms with Crippen LogP contribution >= 0.6 is 15.9 Å². The summed E-state index contributed by atoms with van der Waals surface area (Å²) in [7, 11) is 0. The van der Waals surface area contributed by atoms with E-state index < -0.39 is 19.6 Å². The van der Waals surface area contributed by atoms with Crippen LogP contribution in [0.1, 0.15) is 19.4 Å². The van der Waals surface area contributed by atoms with E-state index in [9.17, 15) is 13.2 Å². The Morgan fingerprint density at radius 2 is 2.00 bits per heavy atom. The van der Waals surface area contributed by atoms with Gasteiger partial charge in [0.15, 0.2) is 6.79 Å². The molecule has 0 heterocycles. The number of rotatable bonds is 8. The minimum Gasteiger partial charge on any atom is -0.466 e. The number of alkyl halides is 3. The fraction of sp³-hybridized carbons (Fsp3) is 0.571. The van der Waals surface area contributed by atoms with Gasteiger partial charge in [-0.25, -0.2) is 0 Å². The van der Waals surface area contributed by atoms with Crippen molar-refractivity contribution in [2.75, 3.05) is 19.9 Å². The van der Waals surface area contributed by atoms with E-state index >= 15 is 0 Å². The van der Waals surface area contributed by atoms with Gasteiger partial charge in [-0.2, -0.15) is 13.2 Å². The molecule has 7 heteroatoms. The van der Waals surface area contributed by atoms with E-state index in [1.807, 2.05) is 12.1 Å². The average molecular weight is 370 g/mol. The highest BCUT2D eigenvalue weighted by Crippen LogP contribution is 2.26. The minimum absolute atomic E-state index is 0.441. The summed E-state index contributed by atoms with van der Waals surface area (Å²) < 4.78 is 45.9. The molecule has 0 aliphatic carbocycles. The van der Waals surface area contributed by atoms with Crippen LogP contribution in [0.15, 0.2) is 22.7 Å². The third-order valence-corrected chi connectivity index (χ3v) is 3.06. The van der Waals surface area contributed by atoms with Crippen molar-refractivity contribution in [3.05, 3.63) is 28.2 Å². The van der Waals surface area contributed by atoms with Crippen molar-refractivity contribution in [3.8, 4) is 5.75 Å². The first-order valence-electron chi connectivity index (χ1n) is 6.54. The molecule has 21 heavy (non-hydrogen) atoms. The lowest BCUT2D eigenvalue weighted by Gasteiger charge is -2.12. The highest BCUT2D eigenvalue weighted by molar-refractivity contribution is 9.10. The van der Waals surface area contributed by atoms with Crippen molar-refractivity contribution in [3.63, 3.8) is 0 Å². The van der Waals surface area contributed by atoms with Crippen molar-refractivity contribution < 1.29 is 22.6 Å². The van der Waals surface area contributed by atoms with E-state index in [0.717, 1.165) is 18.7 Å². The smallest absolute Gasteiger partial charge is 0.411 e. The van der Waals surface area contributed by atoms with Crippen LogP contribution in [0, 0.1) is 5.92 Å². The van der Waals surface area contributed by atoms with E-state index in [0.29, 0.717) is 16.1 Å². The Labute approximate surface area is 130 Å². The third-order valence-electron chi connectivity index (χ3n) is 2.44. The second kappa shape index (κ2) is 8.60. The summed E-state index contributed by atoms with van der Waals surface area (Å²) >= 11 is 3.33. The van der Waals surface area contributed by atoms with Crippen molar-refractivity contribution in [1.82, 2.24) is 5.32 Å². The Morgan fingerprint density at radius 1 is 1.29 bits per heavy atom. The zero-order chi connectivity index (χ0) is 15.9. The van der Waals surface area contributed by atoms with Gasteiger partial charge < -0.3 is 14.8 Å². The van der Waals surface area contributed by atoms with Gasteiger partial charge in [-0.1, -0.05) is 19.9 Å². The van der Waals surface area contributed by atoms with Crippen LogP contribution in [0.2, 0.25) is 0 Å². The summed E-state index contributed by atoms with van der Waals surface area (Å²) in [6.07, 6.45) is -4.34. The maximum atomic E-state index is 11.9. The molecule has 0 bridgehead atoms. The fourth-order valence-corrected chi connectivity index (χ4v) is 2.08. The zero-order valence-corrected chi connectivity index (χ0v) is 13.6. The van der Waals surface area contributed by atoms with Crippen molar-refractivity contribution in [2.45, 2.75) is 26.6 Å². The molecule has 1 aromatic rings. The standard InChI is InChI=1S/C14H19BrF3NO2/c1-10(2)6-19-7-11-3-4-13(12(15)5-11)21-9-20-8-14(16,17)18/h3-5,10,19H,6-9H2,1-2H3. The topological polar surface area (TPSA) is 30.5 Å². The number of benzene rings is 1. The molecule has 120 valence electrons. The van der Waals surface area contributed by atoms with Crippen LogP contribution in [-0.2, 0) is 11.3 Å². The second-order valence-corrected chi connectivity index (χ2v) is 5.87. The quantitative estimate of drug-likeness (QED) is 0.552. The zero-order valence-electron chi connectivity index (χ0n) is 12.0. The van der Waals surface area contributed by atoms with Crippen molar-refractivity contribution in [1.29, 1.82) is 0 Å². The summed E-state index contributed by atoms with van der Waals surface area (Å²) in [6.45, 7) is 4.13. The van der Waals surface area contributed by atoms with E-state index in [4.69, 9.17) is 4.74 Å². The van der Waals surface area contributed by atoms with Gasteiger partial charge in [0.25, 0.3) is 0 Å². The van der Waals surface area contributed by atoms with Crippen LogP contribution in [0.25, 0.3) is 0 Å². The van der Waals surface area contributed by atoms with E-state index in [1.165, 1.54) is 0 Å². The summed E-state index contributed by atoms with van der Waals surface area (Å²) in [4.78, 5) is 0. The molecule has 1 N–H and O–H groups in total. The summed E-state index contributed by atoms with van der Waals surface area (Å²) in [5.41, 5.74) is 1.06. The molecule has 1 rings (SSSR count). The fourth-order valence-electron chi connectivity index (χ4n) is 1.54. The Hall–Kier alpha value is -0.790. The van der Waals surface area contributed by atoms with Gasteiger partial charge in [-0.05, 0) is 46.1 Å². The molecule has 0 spiro atoms. The van der Waals surface area contributed by atoms with Gasteiger partial charge >= 0.3 is 6.18 Å². The molecular formula is C14H19BrF3NO2. The molecule has 0 aliphatic rings. The normalized spacial score (nSPS) is 12.0. The number of hydrogen-bond acceptors (Lipinski definition) is 3. The maximum absolute atomic E-state index is 11.9. The molecular weight excluding hydrogens is 351 g/mol. The number of halogens is 4. The number of hydrogen-bond donors (Lipinski definition) is 1. The molecule has 0 unspecified atom stereocenters. The van der Waals surface area contributed by atoms with Crippen LogP contribution in [0.4, 0.5) is 13.2 Å². The van der Waals surface area contributed by atoms with E-state index in [-0.39, 0.29) is 0 Å². The number of nitrogens with one attached hydrogen (secondary N) is 1. The van der Waals surface area contributed by atoms with E-state index in [2.05, 4.69) is 39.8 Å². The summed E-state index contributed by atoms with van der Waals surface area (Å²) in [5.74, 6) is 1.02. The Balaban J connectivity index is 2.39. The van der Waals surface area contributed by atoms with Crippen LogP contribution in [0.5, 0.6) is 5.75 Å². The lowest BCUT2D eigenvalue weighted by Crippen LogP contribution is -2.19. The van der Waals surface area contributed by atoms with Gasteiger partial charge in [0.1, 0.15) is 12.4 Å². The summed E-state index contributed by atoms with van der Waals surface area (Å²) in [5, 5.41) is 3.31. The Morgan fingerprint density at radius 3 is 2.57 bits per heavy atom. The molecule has 0 atom stereocenters. The molecule has 0 aromatic heterocycles. The van der Waals surface area contributed by atoms with Crippen molar-refractivity contribution >= 4 is 15.9 Å². The molecule has 0 radical (unpaired) electrons. The monoisotopic (exact) mass is 369 g/mol. The van der Waals surface area contributed by atoms with Crippen LogP contribution < -0.4 is 10.1 Å².